The zero-order valence-corrected chi connectivity index (χ0v) is 14.6. The first-order chi connectivity index (χ1) is 9.52. The van der Waals surface area contributed by atoms with Gasteiger partial charge in [-0.3, -0.25) is 0 Å². The van der Waals surface area contributed by atoms with Gasteiger partial charge >= 0.3 is 131 Å². The van der Waals surface area contributed by atoms with Crippen molar-refractivity contribution in [3.8, 4) is 0 Å². The Morgan fingerprint density at radius 1 is 0.727 bits per heavy atom. The first-order valence-corrected chi connectivity index (χ1v) is 7.50. The van der Waals surface area contributed by atoms with Crippen LogP contribution < -0.4 is 0 Å². The van der Waals surface area contributed by atoms with Crippen LogP contribution in [0.1, 0.15) is 6.42 Å². The van der Waals surface area contributed by atoms with E-state index >= 15 is 0 Å². The summed E-state index contributed by atoms with van der Waals surface area (Å²) in [6.07, 6.45) is -6.17. The molecule has 0 saturated carbocycles. The summed E-state index contributed by atoms with van der Waals surface area (Å²) in [5.41, 5.74) is -1.64. The summed E-state index contributed by atoms with van der Waals surface area (Å²) in [6.45, 7) is 0. The average Bonchev–Trinajstić information content (AvgIpc) is 2.73. The van der Waals surface area contributed by atoms with Gasteiger partial charge in [-0.25, -0.2) is 0 Å². The molecule has 124 valence electrons. The molecule has 0 N–H and O–H groups in total. The molecule has 0 aromatic rings. The van der Waals surface area contributed by atoms with Crippen molar-refractivity contribution in [1.82, 2.24) is 0 Å². The van der Waals surface area contributed by atoms with Crippen LogP contribution in [0.25, 0.3) is 0 Å². The molecule has 0 amide bonds. The fourth-order valence-electron chi connectivity index (χ4n) is 1.57. The maximum absolute atomic E-state index is 13.6. The molecule has 1 aliphatic carbocycles. The Morgan fingerprint density at radius 2 is 1.18 bits per heavy atom. The fraction of sp³-hybridized carbons (Fsp3) is 0.600. The average molecular weight is 538 g/mol. The first-order valence-electron chi connectivity index (χ1n) is 5.25. The number of allylic oxidation sites excluding steroid dienone is 4. The Balaban J connectivity index is 3.45. The van der Waals surface area contributed by atoms with Crippen LogP contribution in [0.5, 0.6) is 0 Å². The molecule has 0 fully saturated rings. The van der Waals surface area contributed by atoms with Crippen molar-refractivity contribution >= 4 is 25.8 Å². The second-order valence-corrected chi connectivity index (χ2v) is 7.05. The zero-order valence-electron chi connectivity index (χ0n) is 10.1. The predicted molar refractivity (Wildman–Crippen MR) is 52.4 cm³/mol. The van der Waals surface area contributed by atoms with E-state index in [1.54, 1.807) is 0 Å². The van der Waals surface area contributed by atoms with Crippen molar-refractivity contribution in [3.63, 3.8) is 0 Å². The summed E-state index contributed by atoms with van der Waals surface area (Å²) in [6, 6.07) is 0. The van der Waals surface area contributed by atoms with Crippen molar-refractivity contribution < 1.29 is 48.3 Å². The van der Waals surface area contributed by atoms with Gasteiger partial charge < -0.3 is 0 Å². The van der Waals surface area contributed by atoms with Crippen molar-refractivity contribution in [2.75, 3.05) is 0 Å². The number of rotatable bonds is 4. The van der Waals surface area contributed by atoms with Gasteiger partial charge in [0.1, 0.15) is 0 Å². The second-order valence-electron chi connectivity index (χ2n) is 4.34. The number of alkyl halides is 11. The molecule has 0 aromatic carbocycles. The van der Waals surface area contributed by atoms with E-state index in [1.807, 2.05) is 0 Å². The molecule has 0 atom stereocenters. The van der Waals surface area contributed by atoms with Crippen molar-refractivity contribution in [1.29, 1.82) is 0 Å². The zero-order chi connectivity index (χ0) is 17.8. The van der Waals surface area contributed by atoms with Gasteiger partial charge in [0, 0.05) is 0 Å². The van der Waals surface area contributed by atoms with Crippen LogP contribution in [0.4, 0.5) is 48.3 Å². The molecule has 0 nitrogen and oxygen atoms in total. The normalized spacial score (nSPS) is 18.3. The van der Waals surface area contributed by atoms with E-state index in [4.69, 9.17) is 0 Å². The van der Waals surface area contributed by atoms with Gasteiger partial charge in [0.15, 0.2) is 0 Å². The molecule has 22 heavy (non-hydrogen) atoms. The van der Waals surface area contributed by atoms with Crippen LogP contribution in [0, 0.1) is 0 Å². The van der Waals surface area contributed by atoms with Crippen LogP contribution in [-0.2, 0) is 0 Å². The molecule has 0 radical (unpaired) electrons. The SMILES string of the molecule is FC(F)(F)C(F)(F)C(F)(F)C(F)(F)C(F)(F)C1=[C]([Tl])CC=C1. The second kappa shape index (κ2) is 5.33. The van der Waals surface area contributed by atoms with Gasteiger partial charge in [-0.05, 0) is 0 Å². The minimum absolute atomic E-state index is 0.271. The van der Waals surface area contributed by atoms with Gasteiger partial charge in [0.05, 0.1) is 0 Å². The van der Waals surface area contributed by atoms with E-state index in [0.717, 1.165) is 6.08 Å². The van der Waals surface area contributed by atoms with Crippen LogP contribution in [0.3, 0.4) is 0 Å². The van der Waals surface area contributed by atoms with Crippen LogP contribution in [-0.4, -0.2) is 55.6 Å². The van der Waals surface area contributed by atoms with Gasteiger partial charge in [0.25, 0.3) is 0 Å². The third-order valence-electron chi connectivity index (χ3n) is 2.85. The van der Waals surface area contributed by atoms with E-state index in [2.05, 4.69) is 0 Å². The van der Waals surface area contributed by atoms with Gasteiger partial charge in [-0.2, -0.15) is 0 Å². The van der Waals surface area contributed by atoms with Gasteiger partial charge in [-0.15, -0.1) is 0 Å². The van der Waals surface area contributed by atoms with Gasteiger partial charge in [0.2, 0.25) is 0 Å². The Bertz CT molecular complexity index is 511. The maximum atomic E-state index is 13.6. The Hall–Kier alpha value is -0.368. The third kappa shape index (κ3) is 2.56. The summed E-state index contributed by atoms with van der Waals surface area (Å²) in [5.74, 6) is -27.5. The number of halogens is 11. The van der Waals surface area contributed by atoms with Crippen molar-refractivity contribution in [2.45, 2.75) is 36.3 Å². The molecule has 0 saturated heterocycles. The molecule has 1 rings (SSSR count). The summed E-state index contributed by atoms with van der Waals surface area (Å²) >= 11 is -0.506. The fourth-order valence-corrected chi connectivity index (χ4v) is 3.18. The molecule has 12 heteroatoms. The monoisotopic (exact) mass is 538 g/mol. The Labute approximate surface area is 131 Å². The molecular weight excluding hydrogens is 533 g/mol. The molecule has 0 aliphatic heterocycles. The molecule has 0 bridgehead atoms. The van der Waals surface area contributed by atoms with Crippen LogP contribution in [0.15, 0.2) is 20.9 Å². The summed E-state index contributed by atoms with van der Waals surface area (Å²) in [7, 11) is 0. The first kappa shape index (κ1) is 19.7. The van der Waals surface area contributed by atoms with E-state index in [1.165, 1.54) is 0 Å². The predicted octanol–water partition coefficient (Wildman–Crippen LogP) is 4.47. The summed E-state index contributed by atoms with van der Waals surface area (Å²) < 4.78 is 140. The van der Waals surface area contributed by atoms with Gasteiger partial charge in [-0.1, -0.05) is 0 Å². The van der Waals surface area contributed by atoms with E-state index in [9.17, 15) is 48.3 Å². The topological polar surface area (TPSA) is 0 Å². The molecule has 0 aromatic heterocycles. The van der Waals surface area contributed by atoms with Crippen molar-refractivity contribution in [2.24, 2.45) is 0 Å². The molecule has 0 unspecified atom stereocenters. The Morgan fingerprint density at radius 3 is 1.50 bits per heavy atom. The molecule has 1 aliphatic rings. The number of hydrogen-bond acceptors (Lipinski definition) is 0. The van der Waals surface area contributed by atoms with Crippen molar-refractivity contribution in [3.05, 3.63) is 20.9 Å². The summed E-state index contributed by atoms with van der Waals surface area (Å²) in [5, 5.41) is 0. The summed E-state index contributed by atoms with van der Waals surface area (Å²) in [4.78, 5) is 0. The molecule has 0 heterocycles. The quantitative estimate of drug-likeness (QED) is 0.367. The molecule has 0 spiro atoms. The minimum atomic E-state index is -7.34. The van der Waals surface area contributed by atoms with E-state index in [0.29, 0.717) is 6.08 Å². The standard InChI is InChI=1S/C10H4F11.Tl/c11-6(12,5-3-1-2-4-5)7(13,14)8(15,16)9(17,18)10(19,20)21;/h1,3H,2H2;. The van der Waals surface area contributed by atoms with E-state index in [-0.39, 0.29) is 9.55 Å². The molecular formula is C10H4F11Tl. The van der Waals surface area contributed by atoms with E-state index < -0.39 is 61.2 Å². The van der Waals surface area contributed by atoms with Crippen LogP contribution in [0.2, 0.25) is 0 Å². The van der Waals surface area contributed by atoms with Crippen LogP contribution >= 0.6 is 0 Å². The Kier molecular flexibility index (Phi) is 4.77. The number of hydrogen-bond donors (Lipinski definition) is 0. The third-order valence-corrected chi connectivity index (χ3v) is 4.97.